The molecule has 1 aromatic rings. The number of hydrogen-bond acceptors (Lipinski definition) is 2. The van der Waals surface area contributed by atoms with Gasteiger partial charge in [0.1, 0.15) is 0 Å². The maximum absolute atomic E-state index is 12.0. The van der Waals surface area contributed by atoms with Crippen LogP contribution in [0.1, 0.15) is 23.8 Å². The molecule has 1 heterocycles. The van der Waals surface area contributed by atoms with Crippen molar-refractivity contribution >= 4 is 27.3 Å². The number of thiophene rings is 1. The van der Waals surface area contributed by atoms with Crippen LogP contribution in [-0.2, 0) is 0 Å². The molecule has 15 heavy (non-hydrogen) atoms. The Hall–Kier alpha value is -0.0700. The summed E-state index contributed by atoms with van der Waals surface area (Å²) in [6.45, 7) is 0. The minimum Gasteiger partial charge on any atom is -0.312 e. The minimum atomic E-state index is -4.08. The van der Waals surface area contributed by atoms with Crippen molar-refractivity contribution in [3.63, 3.8) is 0 Å². The second kappa shape index (κ2) is 5.32. The number of nitrogens with one attached hydrogen (secondary N) is 1. The van der Waals surface area contributed by atoms with Crippen LogP contribution in [-0.4, -0.2) is 13.2 Å². The van der Waals surface area contributed by atoms with E-state index in [-0.39, 0.29) is 12.5 Å². The fourth-order valence-corrected chi connectivity index (χ4v) is 2.84. The van der Waals surface area contributed by atoms with Gasteiger partial charge in [-0.25, -0.2) is 0 Å². The number of rotatable bonds is 4. The first-order chi connectivity index (χ1) is 6.92. The third-order valence-electron chi connectivity index (χ3n) is 2.00. The van der Waals surface area contributed by atoms with E-state index in [2.05, 4.69) is 21.2 Å². The maximum atomic E-state index is 12.0. The molecular formula is C9H11BrF3NS. The quantitative estimate of drug-likeness (QED) is 0.882. The zero-order valence-corrected chi connectivity index (χ0v) is 10.5. The van der Waals surface area contributed by atoms with Gasteiger partial charge in [-0.1, -0.05) is 0 Å². The molecule has 0 amide bonds. The van der Waals surface area contributed by atoms with Crippen molar-refractivity contribution in [3.05, 3.63) is 20.8 Å². The van der Waals surface area contributed by atoms with E-state index in [1.54, 1.807) is 7.05 Å². The van der Waals surface area contributed by atoms with E-state index < -0.39 is 12.6 Å². The predicted molar refractivity (Wildman–Crippen MR) is 59.1 cm³/mol. The van der Waals surface area contributed by atoms with Crippen LogP contribution in [0.2, 0.25) is 0 Å². The molecule has 0 aromatic carbocycles. The Kier molecular flexibility index (Phi) is 4.61. The molecule has 0 aliphatic rings. The lowest BCUT2D eigenvalue weighted by Crippen LogP contribution is -2.18. The summed E-state index contributed by atoms with van der Waals surface area (Å²) in [5.41, 5.74) is 0. The molecule has 0 radical (unpaired) electrons. The molecule has 86 valence electrons. The molecule has 0 bridgehead atoms. The number of halogens is 4. The fourth-order valence-electron chi connectivity index (χ4n) is 1.25. The van der Waals surface area contributed by atoms with Gasteiger partial charge in [-0.3, -0.25) is 0 Å². The van der Waals surface area contributed by atoms with Crippen LogP contribution in [0.15, 0.2) is 15.9 Å². The first kappa shape index (κ1) is 13.0. The molecule has 0 fully saturated rings. The van der Waals surface area contributed by atoms with Gasteiger partial charge in [0.15, 0.2) is 0 Å². The molecule has 1 unspecified atom stereocenters. The molecule has 6 heteroatoms. The van der Waals surface area contributed by atoms with Gasteiger partial charge in [-0.05, 0) is 35.5 Å². The molecule has 0 saturated heterocycles. The molecule has 0 saturated carbocycles. The summed E-state index contributed by atoms with van der Waals surface area (Å²) in [5.74, 6) is 0. The summed E-state index contributed by atoms with van der Waals surface area (Å²) < 4.78 is 37.0. The summed E-state index contributed by atoms with van der Waals surface area (Å²) in [4.78, 5) is 0.925. The van der Waals surface area contributed by atoms with Crippen LogP contribution < -0.4 is 5.32 Å². The van der Waals surface area contributed by atoms with Gasteiger partial charge < -0.3 is 5.32 Å². The van der Waals surface area contributed by atoms with Crippen LogP contribution in [0.5, 0.6) is 0 Å². The second-order valence-corrected chi connectivity index (χ2v) is 5.02. The lowest BCUT2D eigenvalue weighted by molar-refractivity contribution is -0.136. The first-order valence-electron chi connectivity index (χ1n) is 4.40. The average molecular weight is 302 g/mol. The molecule has 0 spiro atoms. The zero-order valence-electron chi connectivity index (χ0n) is 8.07. The highest BCUT2D eigenvalue weighted by atomic mass is 79.9. The van der Waals surface area contributed by atoms with Crippen LogP contribution >= 0.6 is 27.3 Å². The van der Waals surface area contributed by atoms with E-state index in [4.69, 9.17) is 0 Å². The lowest BCUT2D eigenvalue weighted by Gasteiger charge is -2.15. The molecule has 1 rings (SSSR count). The van der Waals surface area contributed by atoms with Gasteiger partial charge in [0, 0.05) is 27.2 Å². The summed E-state index contributed by atoms with van der Waals surface area (Å²) in [6, 6.07) is 1.63. The van der Waals surface area contributed by atoms with Crippen molar-refractivity contribution < 1.29 is 13.2 Å². The SMILES string of the molecule is CNC(CCC(F)(F)F)c1cc(Br)cs1. The Morgan fingerprint density at radius 1 is 1.53 bits per heavy atom. The molecular weight excluding hydrogens is 291 g/mol. The largest absolute Gasteiger partial charge is 0.389 e. The van der Waals surface area contributed by atoms with Crippen molar-refractivity contribution in [2.75, 3.05) is 7.05 Å². The molecule has 1 N–H and O–H groups in total. The highest BCUT2D eigenvalue weighted by Crippen LogP contribution is 2.31. The van der Waals surface area contributed by atoms with Crippen molar-refractivity contribution in [2.45, 2.75) is 25.1 Å². The smallest absolute Gasteiger partial charge is 0.312 e. The standard InChI is InChI=1S/C9H11BrF3NS/c1-14-7(2-3-9(11,12)13)8-4-6(10)5-15-8/h4-5,7,14H,2-3H2,1H3. The van der Waals surface area contributed by atoms with E-state index in [0.717, 1.165) is 9.35 Å². The molecule has 1 nitrogen and oxygen atoms in total. The summed E-state index contributed by atoms with van der Waals surface area (Å²) in [5, 5.41) is 4.76. The summed E-state index contributed by atoms with van der Waals surface area (Å²) >= 11 is 4.74. The van der Waals surface area contributed by atoms with Gasteiger partial charge in [0.25, 0.3) is 0 Å². The normalized spacial score (nSPS) is 14.2. The van der Waals surface area contributed by atoms with E-state index >= 15 is 0 Å². The van der Waals surface area contributed by atoms with E-state index in [1.165, 1.54) is 11.3 Å². The third-order valence-corrected chi connectivity index (χ3v) is 3.80. The number of hydrogen-bond donors (Lipinski definition) is 1. The molecule has 0 aliphatic heterocycles. The second-order valence-electron chi connectivity index (χ2n) is 3.16. The van der Waals surface area contributed by atoms with E-state index in [1.807, 2.05) is 11.4 Å². The van der Waals surface area contributed by atoms with Gasteiger partial charge >= 0.3 is 6.18 Å². The summed E-state index contributed by atoms with van der Waals surface area (Å²) in [7, 11) is 1.68. The van der Waals surface area contributed by atoms with Crippen molar-refractivity contribution in [3.8, 4) is 0 Å². The van der Waals surface area contributed by atoms with Crippen molar-refractivity contribution in [2.24, 2.45) is 0 Å². The van der Waals surface area contributed by atoms with Crippen LogP contribution in [0.4, 0.5) is 13.2 Å². The van der Waals surface area contributed by atoms with Gasteiger partial charge in [-0.15, -0.1) is 11.3 Å². The lowest BCUT2D eigenvalue weighted by atomic mass is 10.1. The van der Waals surface area contributed by atoms with Crippen molar-refractivity contribution in [1.29, 1.82) is 0 Å². The maximum Gasteiger partial charge on any atom is 0.389 e. The van der Waals surface area contributed by atoms with Crippen LogP contribution in [0.25, 0.3) is 0 Å². The monoisotopic (exact) mass is 301 g/mol. The highest BCUT2D eigenvalue weighted by Gasteiger charge is 2.28. The minimum absolute atomic E-state index is 0.0763. The van der Waals surface area contributed by atoms with Gasteiger partial charge in [0.2, 0.25) is 0 Å². The first-order valence-corrected chi connectivity index (χ1v) is 6.07. The summed E-state index contributed by atoms with van der Waals surface area (Å²) in [6.07, 6.45) is -4.76. The van der Waals surface area contributed by atoms with Gasteiger partial charge in [0.05, 0.1) is 0 Å². The Morgan fingerprint density at radius 2 is 2.20 bits per heavy atom. The van der Waals surface area contributed by atoms with Crippen LogP contribution in [0.3, 0.4) is 0 Å². The Balaban J connectivity index is 2.57. The topological polar surface area (TPSA) is 12.0 Å². The fraction of sp³-hybridized carbons (Fsp3) is 0.556. The molecule has 1 aromatic heterocycles. The Morgan fingerprint density at radius 3 is 2.60 bits per heavy atom. The molecule has 1 atom stereocenters. The van der Waals surface area contributed by atoms with E-state index in [0.29, 0.717) is 0 Å². The zero-order chi connectivity index (χ0) is 11.5. The third kappa shape index (κ3) is 4.53. The van der Waals surface area contributed by atoms with Crippen molar-refractivity contribution in [1.82, 2.24) is 5.32 Å². The van der Waals surface area contributed by atoms with Crippen LogP contribution in [0, 0.1) is 0 Å². The van der Waals surface area contributed by atoms with Gasteiger partial charge in [-0.2, -0.15) is 13.2 Å². The highest BCUT2D eigenvalue weighted by molar-refractivity contribution is 9.10. The average Bonchev–Trinajstić information content (AvgIpc) is 2.51. The molecule has 0 aliphatic carbocycles. The Bertz CT molecular complexity index is 311. The Labute approximate surface area is 98.8 Å². The predicted octanol–water partition coefficient (Wildman–Crippen LogP) is 4.11. The number of alkyl halides is 3. The van der Waals surface area contributed by atoms with E-state index in [9.17, 15) is 13.2 Å².